The van der Waals surface area contributed by atoms with Crippen molar-refractivity contribution in [1.82, 2.24) is 0 Å². The van der Waals surface area contributed by atoms with Crippen LogP contribution in [-0.2, 0) is 5.41 Å². The second-order valence-electron chi connectivity index (χ2n) is 4.15. The third kappa shape index (κ3) is 1.64. The van der Waals surface area contributed by atoms with E-state index in [0.29, 0.717) is 18.4 Å². The monoisotopic (exact) mass is 214 g/mol. The zero-order valence-electron chi connectivity index (χ0n) is 8.35. The molecule has 0 radical (unpaired) electrons. The molecule has 0 saturated heterocycles. The lowest BCUT2D eigenvalue weighted by Gasteiger charge is -2.32. The van der Waals surface area contributed by atoms with E-state index in [4.69, 9.17) is 0 Å². The van der Waals surface area contributed by atoms with Gasteiger partial charge in [-0.1, -0.05) is 43.2 Å². The number of rotatable bonds is 1. The van der Waals surface area contributed by atoms with Crippen molar-refractivity contribution in [3.63, 3.8) is 0 Å². The van der Waals surface area contributed by atoms with Gasteiger partial charge < -0.3 is 0 Å². The Morgan fingerprint density at radius 3 is 1.93 bits per heavy atom. The molecule has 1 fully saturated rings. The summed E-state index contributed by atoms with van der Waals surface area (Å²) in [5.41, 5.74) is -1.15. The maximum Gasteiger partial charge on any atom is 0.398 e. The van der Waals surface area contributed by atoms with Crippen LogP contribution in [-0.4, -0.2) is 6.18 Å². The summed E-state index contributed by atoms with van der Waals surface area (Å²) in [5.74, 6) is 0. The van der Waals surface area contributed by atoms with Crippen molar-refractivity contribution < 1.29 is 13.2 Å². The van der Waals surface area contributed by atoms with Crippen molar-refractivity contribution in [1.29, 1.82) is 0 Å². The van der Waals surface area contributed by atoms with Gasteiger partial charge in [0.1, 0.15) is 0 Å². The summed E-state index contributed by atoms with van der Waals surface area (Å²) in [7, 11) is 0. The van der Waals surface area contributed by atoms with Crippen LogP contribution in [0.5, 0.6) is 0 Å². The first-order chi connectivity index (χ1) is 7.06. The van der Waals surface area contributed by atoms with Crippen LogP contribution in [0, 0.1) is 0 Å². The molecule has 0 bridgehead atoms. The van der Waals surface area contributed by atoms with E-state index in [2.05, 4.69) is 0 Å². The summed E-state index contributed by atoms with van der Waals surface area (Å²) >= 11 is 0. The number of hydrogen-bond acceptors (Lipinski definition) is 0. The Kier molecular flexibility index (Phi) is 2.49. The maximum absolute atomic E-state index is 13.1. The van der Waals surface area contributed by atoms with E-state index < -0.39 is 11.6 Å². The van der Waals surface area contributed by atoms with Crippen LogP contribution in [0.4, 0.5) is 13.2 Å². The van der Waals surface area contributed by atoms with Crippen LogP contribution in [0.15, 0.2) is 30.3 Å². The molecule has 0 unspecified atom stereocenters. The molecule has 2 rings (SSSR count). The van der Waals surface area contributed by atoms with Gasteiger partial charge in [-0.05, 0) is 18.4 Å². The van der Waals surface area contributed by atoms with E-state index in [1.54, 1.807) is 30.3 Å². The van der Waals surface area contributed by atoms with E-state index in [1.807, 2.05) is 0 Å². The van der Waals surface area contributed by atoms with Crippen LogP contribution in [0.3, 0.4) is 0 Å². The van der Waals surface area contributed by atoms with Crippen LogP contribution in [0.25, 0.3) is 0 Å². The molecule has 0 N–H and O–H groups in total. The van der Waals surface area contributed by atoms with Crippen molar-refractivity contribution in [2.24, 2.45) is 0 Å². The molecule has 0 heterocycles. The highest BCUT2D eigenvalue weighted by molar-refractivity contribution is 5.28. The lowest BCUT2D eigenvalue weighted by molar-refractivity contribution is -0.189. The van der Waals surface area contributed by atoms with E-state index in [-0.39, 0.29) is 12.8 Å². The minimum atomic E-state index is -4.12. The van der Waals surface area contributed by atoms with Crippen LogP contribution >= 0.6 is 0 Å². The second-order valence-corrected chi connectivity index (χ2v) is 4.15. The third-order valence-corrected chi connectivity index (χ3v) is 3.33. The van der Waals surface area contributed by atoms with Gasteiger partial charge in [0, 0.05) is 0 Å². The molecule has 1 saturated carbocycles. The predicted molar refractivity (Wildman–Crippen MR) is 52.6 cm³/mol. The molecule has 1 aromatic carbocycles. The molecule has 0 aromatic heterocycles. The van der Waals surface area contributed by atoms with Crippen molar-refractivity contribution in [3.8, 4) is 0 Å². The number of alkyl halides is 3. The zero-order chi connectivity index (χ0) is 10.9. The topological polar surface area (TPSA) is 0 Å². The van der Waals surface area contributed by atoms with Crippen molar-refractivity contribution in [3.05, 3.63) is 35.9 Å². The molecule has 0 atom stereocenters. The first kappa shape index (κ1) is 10.5. The Morgan fingerprint density at radius 1 is 0.933 bits per heavy atom. The van der Waals surface area contributed by atoms with E-state index in [1.165, 1.54) is 0 Å². The van der Waals surface area contributed by atoms with Crippen LogP contribution < -0.4 is 0 Å². The molecule has 82 valence electrons. The van der Waals surface area contributed by atoms with Gasteiger partial charge in [-0.25, -0.2) is 0 Å². The van der Waals surface area contributed by atoms with Gasteiger partial charge in [0.2, 0.25) is 0 Å². The predicted octanol–water partition coefficient (Wildman–Crippen LogP) is 4.06. The Bertz CT molecular complexity index is 320. The normalized spacial score (nSPS) is 20.5. The molecule has 15 heavy (non-hydrogen) atoms. The Morgan fingerprint density at radius 2 is 1.47 bits per heavy atom. The highest BCUT2D eigenvalue weighted by Gasteiger charge is 2.56. The smallest absolute Gasteiger partial charge is 0.170 e. The van der Waals surface area contributed by atoms with E-state index in [9.17, 15) is 13.2 Å². The van der Waals surface area contributed by atoms with Crippen LogP contribution in [0.2, 0.25) is 0 Å². The van der Waals surface area contributed by atoms with Crippen molar-refractivity contribution >= 4 is 0 Å². The zero-order valence-corrected chi connectivity index (χ0v) is 8.35. The summed E-state index contributed by atoms with van der Waals surface area (Å²) in [6.07, 6.45) is -2.30. The molecular formula is C12H13F3. The number of halogens is 3. The average molecular weight is 214 g/mol. The minimum absolute atomic E-state index is 0.237. The number of benzene rings is 1. The van der Waals surface area contributed by atoms with Gasteiger partial charge in [-0.2, -0.15) is 13.2 Å². The summed E-state index contributed by atoms with van der Waals surface area (Å²) < 4.78 is 39.3. The summed E-state index contributed by atoms with van der Waals surface area (Å²) in [4.78, 5) is 0. The average Bonchev–Trinajstić information content (AvgIpc) is 2.68. The van der Waals surface area contributed by atoms with E-state index >= 15 is 0 Å². The molecule has 0 spiro atoms. The Balaban J connectivity index is 2.44. The van der Waals surface area contributed by atoms with Gasteiger partial charge >= 0.3 is 6.18 Å². The fourth-order valence-corrected chi connectivity index (χ4v) is 2.47. The molecule has 1 aliphatic rings. The van der Waals surface area contributed by atoms with Gasteiger partial charge in [0.05, 0.1) is 5.41 Å². The minimum Gasteiger partial charge on any atom is -0.170 e. The van der Waals surface area contributed by atoms with Gasteiger partial charge in [-0.3, -0.25) is 0 Å². The fraction of sp³-hybridized carbons (Fsp3) is 0.500. The molecule has 3 heteroatoms. The quantitative estimate of drug-likeness (QED) is 0.661. The second kappa shape index (κ2) is 3.54. The van der Waals surface area contributed by atoms with Gasteiger partial charge in [0.15, 0.2) is 0 Å². The summed E-state index contributed by atoms with van der Waals surface area (Å²) in [5, 5.41) is 0. The molecule has 0 aliphatic heterocycles. The van der Waals surface area contributed by atoms with Crippen LogP contribution in [0.1, 0.15) is 31.2 Å². The summed E-state index contributed by atoms with van der Waals surface area (Å²) in [6.45, 7) is 0. The highest BCUT2D eigenvalue weighted by atomic mass is 19.4. The SMILES string of the molecule is FC(F)(F)C1(c2ccccc2)CCCC1. The standard InChI is InChI=1S/C12H13F3/c13-12(14,15)11(8-4-5-9-11)10-6-2-1-3-7-10/h1-3,6-7H,4-5,8-9H2. The summed E-state index contributed by atoms with van der Waals surface area (Å²) in [6, 6.07) is 8.31. The first-order valence-electron chi connectivity index (χ1n) is 5.18. The lowest BCUT2D eigenvalue weighted by Crippen LogP contribution is -2.39. The van der Waals surface area contributed by atoms with E-state index in [0.717, 1.165) is 0 Å². The molecule has 0 nitrogen and oxygen atoms in total. The van der Waals surface area contributed by atoms with Gasteiger partial charge in [-0.15, -0.1) is 0 Å². The molecule has 1 aliphatic carbocycles. The Hall–Kier alpha value is -0.990. The maximum atomic E-state index is 13.1. The third-order valence-electron chi connectivity index (χ3n) is 3.33. The largest absolute Gasteiger partial charge is 0.398 e. The highest BCUT2D eigenvalue weighted by Crippen LogP contribution is 2.51. The molecule has 0 amide bonds. The van der Waals surface area contributed by atoms with Gasteiger partial charge in [0.25, 0.3) is 0 Å². The molecule has 1 aromatic rings. The fourth-order valence-electron chi connectivity index (χ4n) is 2.47. The van der Waals surface area contributed by atoms with Crippen molar-refractivity contribution in [2.75, 3.05) is 0 Å². The molecular weight excluding hydrogens is 201 g/mol. The first-order valence-corrected chi connectivity index (χ1v) is 5.18. The number of hydrogen-bond donors (Lipinski definition) is 0. The Labute approximate surface area is 87.1 Å². The lowest BCUT2D eigenvalue weighted by atomic mass is 9.78. The van der Waals surface area contributed by atoms with Crippen molar-refractivity contribution in [2.45, 2.75) is 37.3 Å².